The summed E-state index contributed by atoms with van der Waals surface area (Å²) in [4.78, 5) is 2.82. The van der Waals surface area contributed by atoms with Gasteiger partial charge in [0.25, 0.3) is 0 Å². The number of allylic oxidation sites excluding steroid dienone is 1. The highest BCUT2D eigenvalue weighted by atomic mass is 15.3. The summed E-state index contributed by atoms with van der Waals surface area (Å²) in [5, 5.41) is 3.80. The van der Waals surface area contributed by atoms with Crippen LogP contribution >= 0.6 is 0 Å². The fourth-order valence-electron chi connectivity index (χ4n) is 3.49. The molecular weight excluding hydrogens is 232 g/mol. The minimum Gasteiger partial charge on any atom is -0.311 e. The van der Waals surface area contributed by atoms with E-state index in [4.69, 9.17) is 0 Å². The van der Waals surface area contributed by atoms with E-state index in [1.807, 2.05) is 0 Å². The van der Waals surface area contributed by atoms with E-state index in [1.54, 1.807) is 0 Å². The van der Waals surface area contributed by atoms with Crippen molar-refractivity contribution in [3.05, 3.63) is 12.2 Å². The number of nitrogens with zero attached hydrogens (tertiary/aromatic N) is 1. The molecule has 3 unspecified atom stereocenters. The van der Waals surface area contributed by atoms with Crippen molar-refractivity contribution in [1.82, 2.24) is 10.2 Å². The quantitative estimate of drug-likeness (QED) is 0.769. The van der Waals surface area contributed by atoms with Crippen LogP contribution in [0.4, 0.5) is 0 Å². The molecule has 0 saturated carbocycles. The molecule has 0 aromatic heterocycles. The molecule has 1 fully saturated rings. The zero-order valence-corrected chi connectivity index (χ0v) is 13.4. The molecule has 2 aliphatic rings. The summed E-state index contributed by atoms with van der Waals surface area (Å²) in [5.74, 6) is 0.735. The van der Waals surface area contributed by atoms with Gasteiger partial charge < -0.3 is 5.32 Å². The van der Waals surface area contributed by atoms with Crippen LogP contribution in [0.3, 0.4) is 0 Å². The second-order valence-electron chi connectivity index (χ2n) is 7.77. The summed E-state index contributed by atoms with van der Waals surface area (Å²) >= 11 is 0. The Labute approximate surface area is 119 Å². The molecular formula is C17H32N2. The highest BCUT2D eigenvalue weighted by molar-refractivity contribution is 5.00. The molecule has 1 aliphatic carbocycles. The summed E-state index contributed by atoms with van der Waals surface area (Å²) in [6, 6.07) is 2.09. The molecule has 1 aliphatic heterocycles. The topological polar surface area (TPSA) is 15.3 Å². The van der Waals surface area contributed by atoms with E-state index in [2.05, 4.69) is 57.0 Å². The molecule has 0 spiro atoms. The molecule has 110 valence electrons. The molecule has 3 atom stereocenters. The van der Waals surface area contributed by atoms with Gasteiger partial charge in [0.2, 0.25) is 0 Å². The Bertz CT molecular complexity index is 314. The first kappa shape index (κ1) is 15.1. The van der Waals surface area contributed by atoms with Crippen LogP contribution in [-0.2, 0) is 0 Å². The number of piperazine rings is 1. The van der Waals surface area contributed by atoms with Gasteiger partial charge in [0.15, 0.2) is 0 Å². The molecule has 1 heterocycles. The predicted molar refractivity (Wildman–Crippen MR) is 83.4 cm³/mol. The Hall–Kier alpha value is -0.340. The van der Waals surface area contributed by atoms with E-state index in [1.165, 1.54) is 25.8 Å². The lowest BCUT2D eigenvalue weighted by Crippen LogP contribution is -2.64. The summed E-state index contributed by atoms with van der Waals surface area (Å²) in [6.45, 7) is 14.2. The van der Waals surface area contributed by atoms with Gasteiger partial charge in [-0.05, 0) is 30.6 Å². The van der Waals surface area contributed by atoms with Gasteiger partial charge in [-0.1, -0.05) is 46.8 Å². The second-order valence-corrected chi connectivity index (χ2v) is 7.77. The van der Waals surface area contributed by atoms with Gasteiger partial charge in [0.1, 0.15) is 0 Å². The molecule has 19 heavy (non-hydrogen) atoms. The van der Waals surface area contributed by atoms with Crippen LogP contribution in [-0.4, -0.2) is 36.1 Å². The number of hydrogen-bond acceptors (Lipinski definition) is 2. The van der Waals surface area contributed by atoms with Gasteiger partial charge >= 0.3 is 0 Å². The minimum atomic E-state index is 0.352. The van der Waals surface area contributed by atoms with E-state index < -0.39 is 0 Å². The maximum absolute atomic E-state index is 3.80. The summed E-state index contributed by atoms with van der Waals surface area (Å²) in [6.07, 6.45) is 8.60. The van der Waals surface area contributed by atoms with Crippen molar-refractivity contribution < 1.29 is 0 Å². The second kappa shape index (κ2) is 5.97. The molecule has 0 amide bonds. The third-order valence-electron chi connectivity index (χ3n) is 4.92. The van der Waals surface area contributed by atoms with Crippen LogP contribution in [0.5, 0.6) is 0 Å². The highest BCUT2D eigenvalue weighted by Gasteiger charge is 2.37. The average molecular weight is 264 g/mol. The van der Waals surface area contributed by atoms with Crippen molar-refractivity contribution in [1.29, 1.82) is 0 Å². The van der Waals surface area contributed by atoms with Crippen LogP contribution in [0.15, 0.2) is 12.2 Å². The minimum absolute atomic E-state index is 0.352. The Morgan fingerprint density at radius 3 is 2.47 bits per heavy atom. The third-order valence-corrected chi connectivity index (χ3v) is 4.92. The number of hydrogen-bond donors (Lipinski definition) is 1. The van der Waals surface area contributed by atoms with Crippen LogP contribution < -0.4 is 5.32 Å². The van der Waals surface area contributed by atoms with Gasteiger partial charge in [-0.2, -0.15) is 0 Å². The first-order valence-corrected chi connectivity index (χ1v) is 8.03. The Morgan fingerprint density at radius 1 is 1.21 bits per heavy atom. The van der Waals surface area contributed by atoms with E-state index in [0.717, 1.165) is 18.5 Å². The normalized spacial score (nSPS) is 33.9. The molecule has 2 rings (SSSR count). The lowest BCUT2D eigenvalue weighted by molar-refractivity contribution is 0.0259. The zero-order valence-electron chi connectivity index (χ0n) is 13.4. The fraction of sp³-hybridized carbons (Fsp3) is 0.882. The zero-order chi connectivity index (χ0) is 14.0. The molecule has 1 N–H and O–H groups in total. The molecule has 0 aromatic rings. The fourth-order valence-corrected chi connectivity index (χ4v) is 3.49. The Balaban J connectivity index is 2.10. The number of rotatable bonds is 2. The third kappa shape index (κ3) is 3.61. The molecule has 0 aromatic carbocycles. The molecule has 2 nitrogen and oxygen atoms in total. The Morgan fingerprint density at radius 2 is 1.95 bits per heavy atom. The van der Waals surface area contributed by atoms with Crippen molar-refractivity contribution in [2.45, 2.75) is 72.0 Å². The monoisotopic (exact) mass is 264 g/mol. The standard InChI is InChI=1S/C17H32N2/c1-13(2)15-11-18-16(17(3,4)5)12-19(15)14-9-7-6-8-10-14/h6-7,13-16,18H,8-12H2,1-5H3. The van der Waals surface area contributed by atoms with Crippen LogP contribution in [0.2, 0.25) is 0 Å². The maximum atomic E-state index is 3.80. The smallest absolute Gasteiger partial charge is 0.0247 e. The molecule has 1 saturated heterocycles. The predicted octanol–water partition coefficient (Wildman–Crippen LogP) is 3.44. The SMILES string of the molecule is CC(C)C1CNC(C(C)(C)C)CN1C1CC=CCC1. The van der Waals surface area contributed by atoms with Crippen LogP contribution in [0.25, 0.3) is 0 Å². The number of nitrogens with one attached hydrogen (secondary N) is 1. The first-order valence-electron chi connectivity index (χ1n) is 8.03. The molecule has 2 heteroatoms. The van der Waals surface area contributed by atoms with Crippen molar-refractivity contribution in [3.63, 3.8) is 0 Å². The highest BCUT2D eigenvalue weighted by Crippen LogP contribution is 2.30. The molecule has 0 radical (unpaired) electrons. The van der Waals surface area contributed by atoms with Crippen LogP contribution in [0.1, 0.15) is 53.9 Å². The molecule has 0 bridgehead atoms. The van der Waals surface area contributed by atoms with Crippen molar-refractivity contribution >= 4 is 0 Å². The summed E-state index contributed by atoms with van der Waals surface area (Å²) < 4.78 is 0. The van der Waals surface area contributed by atoms with E-state index >= 15 is 0 Å². The van der Waals surface area contributed by atoms with Crippen molar-refractivity contribution in [3.8, 4) is 0 Å². The first-order chi connectivity index (χ1) is 8.89. The van der Waals surface area contributed by atoms with Gasteiger partial charge in [-0.3, -0.25) is 4.90 Å². The lowest BCUT2D eigenvalue weighted by Gasteiger charge is -2.50. The van der Waals surface area contributed by atoms with Gasteiger partial charge in [-0.15, -0.1) is 0 Å². The maximum Gasteiger partial charge on any atom is 0.0247 e. The summed E-state index contributed by atoms with van der Waals surface area (Å²) in [5.41, 5.74) is 0.352. The van der Waals surface area contributed by atoms with Gasteiger partial charge in [0, 0.05) is 31.2 Å². The van der Waals surface area contributed by atoms with Crippen molar-refractivity contribution in [2.24, 2.45) is 11.3 Å². The van der Waals surface area contributed by atoms with E-state index in [9.17, 15) is 0 Å². The van der Waals surface area contributed by atoms with E-state index in [0.29, 0.717) is 17.5 Å². The van der Waals surface area contributed by atoms with Crippen LogP contribution in [0, 0.1) is 11.3 Å². The average Bonchev–Trinajstić information content (AvgIpc) is 2.38. The lowest BCUT2D eigenvalue weighted by atomic mass is 9.82. The van der Waals surface area contributed by atoms with Gasteiger partial charge in [0.05, 0.1) is 0 Å². The largest absolute Gasteiger partial charge is 0.311 e. The van der Waals surface area contributed by atoms with Gasteiger partial charge in [-0.25, -0.2) is 0 Å². The summed E-state index contributed by atoms with van der Waals surface area (Å²) in [7, 11) is 0. The van der Waals surface area contributed by atoms with Crippen molar-refractivity contribution in [2.75, 3.05) is 13.1 Å². The Kier molecular flexibility index (Phi) is 4.73. The van der Waals surface area contributed by atoms with E-state index in [-0.39, 0.29) is 0 Å².